The molecule has 0 saturated carbocycles. The third kappa shape index (κ3) is 6.03. The first-order chi connectivity index (χ1) is 18.3. The summed E-state index contributed by atoms with van der Waals surface area (Å²) in [6.07, 6.45) is 0.163. The molecule has 3 aromatic rings. The van der Waals surface area contributed by atoms with Gasteiger partial charge in [-0.25, -0.2) is 0 Å². The predicted octanol–water partition coefficient (Wildman–Crippen LogP) is 4.88. The van der Waals surface area contributed by atoms with Crippen LogP contribution >= 0.6 is 11.8 Å². The van der Waals surface area contributed by atoms with Gasteiger partial charge < -0.3 is 29.7 Å². The number of thioether (sulfide) groups is 1. The fourth-order valence-corrected chi connectivity index (χ4v) is 5.47. The maximum absolute atomic E-state index is 13.5. The predicted molar refractivity (Wildman–Crippen MR) is 147 cm³/mol. The lowest BCUT2D eigenvalue weighted by Gasteiger charge is -2.22. The Bertz CT molecular complexity index is 1320. The van der Waals surface area contributed by atoms with Crippen molar-refractivity contribution in [3.8, 4) is 17.2 Å². The van der Waals surface area contributed by atoms with Crippen LogP contribution in [0.1, 0.15) is 24.2 Å². The van der Waals surface area contributed by atoms with Crippen LogP contribution in [0.3, 0.4) is 0 Å². The van der Waals surface area contributed by atoms with Gasteiger partial charge in [-0.1, -0.05) is 12.1 Å². The molecule has 38 heavy (non-hydrogen) atoms. The minimum Gasteiger partial charge on any atom is -0.493 e. The topological polar surface area (TPSA) is 106 Å². The number of carbonyl (C=O) groups is 3. The minimum absolute atomic E-state index is 0.147. The highest BCUT2D eigenvalue weighted by molar-refractivity contribution is 7.99. The summed E-state index contributed by atoms with van der Waals surface area (Å²) in [7, 11) is 4.64. The van der Waals surface area contributed by atoms with Crippen molar-refractivity contribution in [3.63, 3.8) is 0 Å². The second-order valence-corrected chi connectivity index (χ2v) is 9.77. The van der Waals surface area contributed by atoms with Gasteiger partial charge in [-0.15, -0.1) is 11.8 Å². The van der Waals surface area contributed by atoms with Gasteiger partial charge in [-0.3, -0.25) is 14.4 Å². The zero-order chi connectivity index (χ0) is 27.2. The number of benzene rings is 3. The van der Waals surface area contributed by atoms with Crippen molar-refractivity contribution in [2.75, 3.05) is 43.4 Å². The molecular formula is C28H29N3O6S. The second-order valence-electron chi connectivity index (χ2n) is 8.52. The van der Waals surface area contributed by atoms with Gasteiger partial charge in [0.2, 0.25) is 23.5 Å². The van der Waals surface area contributed by atoms with E-state index in [4.69, 9.17) is 14.2 Å². The molecule has 0 bridgehead atoms. The highest BCUT2D eigenvalue weighted by atomic mass is 32.2. The van der Waals surface area contributed by atoms with Crippen LogP contribution in [0.4, 0.5) is 17.1 Å². The number of hydrogen-bond donors (Lipinski definition) is 2. The normalized spacial score (nSPS) is 14.7. The number of methoxy groups -OCH3 is 3. The Morgan fingerprint density at radius 2 is 1.53 bits per heavy atom. The Kier molecular flexibility index (Phi) is 8.42. The summed E-state index contributed by atoms with van der Waals surface area (Å²) in [4.78, 5) is 40.1. The number of ether oxygens (including phenoxy) is 3. The van der Waals surface area contributed by atoms with E-state index >= 15 is 0 Å². The number of nitrogens with one attached hydrogen (secondary N) is 2. The number of rotatable bonds is 8. The van der Waals surface area contributed by atoms with Crippen molar-refractivity contribution >= 4 is 46.5 Å². The van der Waals surface area contributed by atoms with E-state index in [9.17, 15) is 14.4 Å². The van der Waals surface area contributed by atoms with E-state index in [-0.39, 0.29) is 35.9 Å². The molecular weight excluding hydrogens is 506 g/mol. The smallest absolute Gasteiger partial charge is 0.244 e. The fraction of sp³-hybridized carbons (Fsp3) is 0.250. The third-order valence-electron chi connectivity index (χ3n) is 5.94. The van der Waals surface area contributed by atoms with Crippen LogP contribution in [0.2, 0.25) is 0 Å². The molecule has 0 spiro atoms. The monoisotopic (exact) mass is 535 g/mol. The van der Waals surface area contributed by atoms with E-state index in [1.807, 2.05) is 36.4 Å². The van der Waals surface area contributed by atoms with Crippen molar-refractivity contribution in [3.05, 3.63) is 66.2 Å². The zero-order valence-electron chi connectivity index (χ0n) is 21.6. The first-order valence-corrected chi connectivity index (χ1v) is 12.7. The quantitative estimate of drug-likeness (QED) is 0.424. The van der Waals surface area contributed by atoms with E-state index in [0.717, 1.165) is 10.5 Å². The van der Waals surface area contributed by atoms with Gasteiger partial charge in [0.25, 0.3) is 0 Å². The molecule has 0 fully saturated rings. The second kappa shape index (κ2) is 11.9. The summed E-state index contributed by atoms with van der Waals surface area (Å²) in [5.74, 6) is 0.797. The van der Waals surface area contributed by atoms with Gasteiger partial charge >= 0.3 is 0 Å². The number of anilines is 3. The molecule has 1 aliphatic heterocycles. The zero-order valence-corrected chi connectivity index (χ0v) is 22.4. The van der Waals surface area contributed by atoms with Crippen LogP contribution in [-0.2, 0) is 14.4 Å². The Hall–Kier alpha value is -4.18. The molecule has 10 heteroatoms. The first kappa shape index (κ1) is 26.9. The van der Waals surface area contributed by atoms with Gasteiger partial charge in [0, 0.05) is 34.9 Å². The molecule has 0 aliphatic carbocycles. The Morgan fingerprint density at radius 1 is 0.921 bits per heavy atom. The molecule has 0 saturated heterocycles. The van der Waals surface area contributed by atoms with Crippen LogP contribution in [-0.4, -0.2) is 45.6 Å². The molecule has 1 atom stereocenters. The fourth-order valence-electron chi connectivity index (χ4n) is 4.21. The van der Waals surface area contributed by atoms with E-state index in [1.54, 1.807) is 57.4 Å². The highest BCUT2D eigenvalue weighted by Crippen LogP contribution is 2.49. The summed E-state index contributed by atoms with van der Waals surface area (Å²) in [6.45, 7) is 1.28. The van der Waals surface area contributed by atoms with Gasteiger partial charge in [-0.2, -0.15) is 0 Å². The van der Waals surface area contributed by atoms with Gasteiger partial charge in [0.05, 0.1) is 27.0 Å². The SMILES string of the molecule is COc1cc([C@@H]2CC(=O)N(CC(=O)Nc3ccc(NC(C)=O)cc3)c3ccccc3S2)cc(OC)c1OC. The Morgan fingerprint density at radius 3 is 2.11 bits per heavy atom. The summed E-state index contributed by atoms with van der Waals surface area (Å²) < 4.78 is 16.5. The molecule has 0 radical (unpaired) electrons. The first-order valence-electron chi connectivity index (χ1n) is 11.9. The van der Waals surface area contributed by atoms with Crippen LogP contribution in [0.5, 0.6) is 17.2 Å². The molecule has 9 nitrogen and oxygen atoms in total. The van der Waals surface area contributed by atoms with E-state index in [2.05, 4.69) is 10.6 Å². The van der Waals surface area contributed by atoms with Crippen LogP contribution < -0.4 is 29.7 Å². The number of fused-ring (bicyclic) bond motifs is 1. The molecule has 1 heterocycles. The van der Waals surface area contributed by atoms with E-state index in [0.29, 0.717) is 34.3 Å². The van der Waals surface area contributed by atoms with Crippen molar-refractivity contribution in [1.29, 1.82) is 0 Å². The van der Waals surface area contributed by atoms with Crippen LogP contribution in [0.25, 0.3) is 0 Å². The summed E-state index contributed by atoms with van der Waals surface area (Å²) >= 11 is 1.55. The molecule has 3 amide bonds. The maximum Gasteiger partial charge on any atom is 0.244 e. The number of hydrogen-bond acceptors (Lipinski definition) is 7. The van der Waals surface area contributed by atoms with Gasteiger partial charge in [0.15, 0.2) is 11.5 Å². The van der Waals surface area contributed by atoms with Gasteiger partial charge in [0.1, 0.15) is 6.54 Å². The third-order valence-corrected chi connectivity index (χ3v) is 7.26. The van der Waals surface area contributed by atoms with Crippen LogP contribution in [0, 0.1) is 0 Å². The lowest BCUT2D eigenvalue weighted by atomic mass is 10.1. The summed E-state index contributed by atoms with van der Waals surface area (Å²) in [6, 6.07) is 18.0. The van der Waals surface area contributed by atoms with Crippen molar-refractivity contribution in [2.45, 2.75) is 23.5 Å². The minimum atomic E-state index is -0.336. The number of carbonyl (C=O) groups excluding carboxylic acids is 3. The molecule has 198 valence electrons. The standard InChI is InChI=1S/C28H29N3O6S/c1-17(32)29-19-9-11-20(12-10-19)30-26(33)16-31-21-7-5-6-8-24(21)38-25(15-27(31)34)18-13-22(35-2)28(37-4)23(14-18)36-3/h5-14,25H,15-16H2,1-4H3,(H,29,32)(H,30,33)/t25-/m0/s1. The molecule has 1 aliphatic rings. The lowest BCUT2D eigenvalue weighted by molar-refractivity contribution is -0.121. The number of amides is 3. The molecule has 2 N–H and O–H groups in total. The Labute approximate surface area is 225 Å². The summed E-state index contributed by atoms with van der Waals surface area (Å²) in [5, 5.41) is 5.27. The number of para-hydroxylation sites is 1. The highest BCUT2D eigenvalue weighted by Gasteiger charge is 2.31. The van der Waals surface area contributed by atoms with E-state index in [1.165, 1.54) is 11.8 Å². The maximum atomic E-state index is 13.5. The number of nitrogens with zero attached hydrogens (tertiary/aromatic N) is 1. The van der Waals surface area contributed by atoms with Crippen molar-refractivity contribution < 1.29 is 28.6 Å². The molecule has 0 aromatic heterocycles. The largest absolute Gasteiger partial charge is 0.493 e. The Balaban J connectivity index is 1.57. The average Bonchev–Trinajstić information content (AvgIpc) is 3.04. The lowest BCUT2D eigenvalue weighted by Crippen LogP contribution is -2.38. The molecule has 0 unspecified atom stereocenters. The van der Waals surface area contributed by atoms with E-state index < -0.39 is 0 Å². The van der Waals surface area contributed by atoms with Crippen molar-refractivity contribution in [1.82, 2.24) is 0 Å². The molecule has 4 rings (SSSR count). The molecule has 3 aromatic carbocycles. The average molecular weight is 536 g/mol. The van der Waals surface area contributed by atoms with Crippen molar-refractivity contribution in [2.24, 2.45) is 0 Å². The summed E-state index contributed by atoms with van der Waals surface area (Å²) in [5.41, 5.74) is 2.71. The van der Waals surface area contributed by atoms with Crippen LogP contribution in [0.15, 0.2) is 65.6 Å². The van der Waals surface area contributed by atoms with Gasteiger partial charge in [-0.05, 0) is 54.1 Å².